The van der Waals surface area contributed by atoms with Crippen LogP contribution in [0.3, 0.4) is 0 Å². The molecule has 112 valence electrons. The van der Waals surface area contributed by atoms with Crippen LogP contribution in [0, 0.1) is 0 Å². The highest BCUT2D eigenvalue weighted by molar-refractivity contribution is 7.13. The van der Waals surface area contributed by atoms with Crippen LogP contribution in [0.1, 0.15) is 0 Å². The summed E-state index contributed by atoms with van der Waals surface area (Å²) < 4.78 is 36.8. The zero-order valence-corrected chi connectivity index (χ0v) is 11.4. The van der Waals surface area contributed by atoms with E-state index in [1.807, 2.05) is 5.38 Å². The number of hydrogen-bond acceptors (Lipinski definition) is 4. The summed E-state index contributed by atoms with van der Waals surface area (Å²) in [6, 6.07) is 6.30. The van der Waals surface area contributed by atoms with Crippen LogP contribution >= 0.6 is 11.3 Å². The van der Waals surface area contributed by atoms with Crippen molar-refractivity contribution in [1.82, 2.24) is 15.1 Å². The van der Waals surface area contributed by atoms with Crippen LogP contribution in [-0.2, 0) is 11.3 Å². The lowest BCUT2D eigenvalue weighted by atomic mass is 10.3. The molecule has 1 amide bonds. The Morgan fingerprint density at radius 2 is 2.10 bits per heavy atom. The summed E-state index contributed by atoms with van der Waals surface area (Å²) in [5.74, 6) is -0.926. The predicted molar refractivity (Wildman–Crippen MR) is 70.9 cm³/mol. The van der Waals surface area contributed by atoms with Crippen LogP contribution in [0.5, 0.6) is 0 Å². The number of carbonyl (C=O) groups excluding carboxylic acids is 1. The van der Waals surface area contributed by atoms with Crippen molar-refractivity contribution >= 4 is 17.2 Å². The van der Waals surface area contributed by atoms with Crippen molar-refractivity contribution < 1.29 is 18.0 Å². The van der Waals surface area contributed by atoms with E-state index < -0.39 is 30.7 Å². The Bertz CT molecular complexity index is 680. The molecule has 2 aromatic heterocycles. The van der Waals surface area contributed by atoms with Crippen LogP contribution < -0.4 is 10.9 Å². The molecule has 0 aliphatic heterocycles. The van der Waals surface area contributed by atoms with Crippen LogP contribution in [0.25, 0.3) is 10.6 Å². The molecule has 0 radical (unpaired) electrons. The molecule has 9 heteroatoms. The Kier molecular flexibility index (Phi) is 4.41. The van der Waals surface area contributed by atoms with E-state index in [9.17, 15) is 22.8 Å². The summed E-state index contributed by atoms with van der Waals surface area (Å²) in [6.45, 7) is -2.00. The molecule has 1 N–H and O–H groups in total. The summed E-state index contributed by atoms with van der Waals surface area (Å²) in [5, 5.41) is 7.49. The maximum atomic E-state index is 12.0. The fourth-order valence-electron chi connectivity index (χ4n) is 1.51. The largest absolute Gasteiger partial charge is 0.405 e. The molecule has 21 heavy (non-hydrogen) atoms. The molecule has 0 spiro atoms. The summed E-state index contributed by atoms with van der Waals surface area (Å²) in [5.41, 5.74) is -0.0781. The van der Waals surface area contributed by atoms with E-state index in [4.69, 9.17) is 0 Å². The van der Waals surface area contributed by atoms with Gasteiger partial charge in [0.15, 0.2) is 0 Å². The highest BCUT2D eigenvalue weighted by atomic mass is 32.1. The number of rotatable bonds is 4. The maximum Gasteiger partial charge on any atom is 0.405 e. The number of aromatic nitrogens is 2. The molecule has 2 heterocycles. The lowest BCUT2D eigenvalue weighted by molar-refractivity contribution is -0.138. The minimum absolute atomic E-state index is 0.480. The van der Waals surface area contributed by atoms with E-state index in [1.165, 1.54) is 23.5 Å². The van der Waals surface area contributed by atoms with E-state index in [2.05, 4.69) is 5.10 Å². The van der Waals surface area contributed by atoms with Gasteiger partial charge in [0.2, 0.25) is 5.91 Å². The first kappa shape index (κ1) is 15.2. The summed E-state index contributed by atoms with van der Waals surface area (Å²) in [4.78, 5) is 23.8. The molecule has 0 aliphatic carbocycles. The van der Waals surface area contributed by atoms with Crippen LogP contribution in [0.2, 0.25) is 0 Å². The fraction of sp³-hybridized carbons (Fsp3) is 0.250. The van der Waals surface area contributed by atoms with Gasteiger partial charge in [0.1, 0.15) is 18.8 Å². The van der Waals surface area contributed by atoms with Gasteiger partial charge >= 0.3 is 6.18 Å². The average molecular weight is 317 g/mol. The van der Waals surface area contributed by atoms with Crippen molar-refractivity contribution in [2.75, 3.05) is 6.54 Å². The third-order valence-corrected chi connectivity index (χ3v) is 3.31. The van der Waals surface area contributed by atoms with Gasteiger partial charge in [-0.1, -0.05) is 6.07 Å². The van der Waals surface area contributed by atoms with Gasteiger partial charge in [-0.15, -0.1) is 11.3 Å². The van der Waals surface area contributed by atoms with Gasteiger partial charge in [-0.05, 0) is 17.5 Å². The van der Waals surface area contributed by atoms with E-state index in [-0.39, 0.29) is 0 Å². The molecule has 0 aromatic carbocycles. The van der Waals surface area contributed by atoms with E-state index >= 15 is 0 Å². The first-order chi connectivity index (χ1) is 9.85. The Labute approximate surface area is 121 Å². The van der Waals surface area contributed by atoms with Crippen LogP contribution in [0.15, 0.2) is 34.4 Å². The van der Waals surface area contributed by atoms with Gasteiger partial charge in [-0.2, -0.15) is 18.3 Å². The molecule has 0 atom stereocenters. The van der Waals surface area contributed by atoms with E-state index in [1.54, 1.807) is 17.4 Å². The molecule has 0 bridgehead atoms. The molecule has 0 aliphatic rings. The lowest BCUT2D eigenvalue weighted by Gasteiger charge is -2.09. The van der Waals surface area contributed by atoms with Gasteiger partial charge in [0, 0.05) is 6.07 Å². The van der Waals surface area contributed by atoms with Gasteiger partial charge in [0.25, 0.3) is 5.56 Å². The Balaban J connectivity index is 2.11. The number of hydrogen-bond donors (Lipinski definition) is 1. The zero-order valence-electron chi connectivity index (χ0n) is 10.6. The van der Waals surface area contributed by atoms with Gasteiger partial charge in [0.05, 0.1) is 4.88 Å². The number of alkyl halides is 3. The van der Waals surface area contributed by atoms with Crippen molar-refractivity contribution in [1.29, 1.82) is 0 Å². The second-order valence-corrected chi connectivity index (χ2v) is 5.03. The van der Waals surface area contributed by atoms with Gasteiger partial charge in [-0.3, -0.25) is 9.59 Å². The molecular weight excluding hydrogens is 307 g/mol. The second kappa shape index (κ2) is 6.08. The van der Waals surface area contributed by atoms with Crippen LogP contribution in [-0.4, -0.2) is 28.4 Å². The Hall–Kier alpha value is -2.16. The van der Waals surface area contributed by atoms with E-state index in [0.717, 1.165) is 9.56 Å². The van der Waals surface area contributed by atoms with Gasteiger partial charge in [-0.25, -0.2) is 4.68 Å². The number of thiophene rings is 1. The third-order valence-electron chi connectivity index (χ3n) is 2.42. The molecule has 0 unspecified atom stereocenters. The fourth-order valence-corrected chi connectivity index (χ4v) is 2.20. The number of nitrogens with one attached hydrogen (secondary N) is 1. The average Bonchev–Trinajstić information content (AvgIpc) is 2.92. The highest BCUT2D eigenvalue weighted by Crippen LogP contribution is 2.21. The molecule has 0 saturated heterocycles. The molecule has 2 rings (SSSR count). The quantitative estimate of drug-likeness (QED) is 0.932. The second-order valence-electron chi connectivity index (χ2n) is 4.08. The summed E-state index contributed by atoms with van der Waals surface area (Å²) in [6.07, 6.45) is -4.49. The number of halogens is 3. The minimum Gasteiger partial charge on any atom is -0.345 e. The monoisotopic (exact) mass is 317 g/mol. The number of amides is 1. The molecule has 2 aromatic rings. The highest BCUT2D eigenvalue weighted by Gasteiger charge is 2.27. The third kappa shape index (κ3) is 4.42. The molecule has 0 fully saturated rings. The normalized spacial score (nSPS) is 11.4. The van der Waals surface area contributed by atoms with Crippen LogP contribution in [0.4, 0.5) is 13.2 Å². The molecular formula is C12H10F3N3O2S. The number of nitrogens with zero attached hydrogens (tertiary/aromatic N) is 2. The van der Waals surface area contributed by atoms with E-state index in [0.29, 0.717) is 5.69 Å². The standard InChI is InChI=1S/C12H10F3N3O2S/c13-12(14,15)7-16-10(19)6-18-11(20)4-3-8(17-18)9-2-1-5-21-9/h1-5H,6-7H2,(H,16,19). The predicted octanol–water partition coefficient (Wildman–Crippen LogP) is 1.65. The Morgan fingerprint density at radius 3 is 2.71 bits per heavy atom. The van der Waals surface area contributed by atoms with Crippen molar-refractivity contribution in [3.8, 4) is 10.6 Å². The Morgan fingerprint density at radius 1 is 1.33 bits per heavy atom. The van der Waals surface area contributed by atoms with Crippen molar-refractivity contribution in [3.63, 3.8) is 0 Å². The molecule has 5 nitrogen and oxygen atoms in total. The smallest absolute Gasteiger partial charge is 0.345 e. The topological polar surface area (TPSA) is 64.0 Å². The first-order valence-electron chi connectivity index (χ1n) is 5.81. The SMILES string of the molecule is O=C(Cn1nc(-c2cccs2)ccc1=O)NCC(F)(F)F. The lowest BCUT2D eigenvalue weighted by Crippen LogP contribution is -2.38. The summed E-state index contributed by atoms with van der Waals surface area (Å²) >= 11 is 1.40. The van der Waals surface area contributed by atoms with Crippen molar-refractivity contribution in [3.05, 3.63) is 40.0 Å². The summed E-state index contributed by atoms with van der Waals surface area (Å²) in [7, 11) is 0. The maximum absolute atomic E-state index is 12.0. The van der Waals surface area contributed by atoms with Gasteiger partial charge < -0.3 is 5.32 Å². The minimum atomic E-state index is -4.49. The first-order valence-corrected chi connectivity index (χ1v) is 6.68. The zero-order chi connectivity index (χ0) is 15.5. The van der Waals surface area contributed by atoms with Crippen molar-refractivity contribution in [2.45, 2.75) is 12.7 Å². The van der Waals surface area contributed by atoms with Crippen molar-refractivity contribution in [2.24, 2.45) is 0 Å². The molecule has 0 saturated carbocycles. The number of carbonyl (C=O) groups is 1.